The summed E-state index contributed by atoms with van der Waals surface area (Å²) in [5.74, 6) is 0.241. The first-order valence-electron chi connectivity index (χ1n) is 11.8. The van der Waals surface area contributed by atoms with Gasteiger partial charge < -0.3 is 20.4 Å². The van der Waals surface area contributed by atoms with Gasteiger partial charge in [-0.2, -0.15) is 5.10 Å². The highest BCUT2D eigenvalue weighted by Gasteiger charge is 2.17. The lowest BCUT2D eigenvalue weighted by molar-refractivity contribution is -0.120. The van der Waals surface area contributed by atoms with E-state index in [1.54, 1.807) is 12.1 Å². The van der Waals surface area contributed by atoms with Crippen molar-refractivity contribution in [2.45, 2.75) is 13.0 Å². The van der Waals surface area contributed by atoms with Crippen molar-refractivity contribution >= 4 is 56.5 Å². The lowest BCUT2D eigenvalue weighted by Crippen LogP contribution is -2.44. The Morgan fingerprint density at radius 1 is 1.06 bits per heavy atom. The molecule has 5 rings (SSSR count). The zero-order valence-electron chi connectivity index (χ0n) is 19.9. The molecule has 2 aromatic heterocycles. The Morgan fingerprint density at radius 2 is 1.78 bits per heavy atom. The largest absolute Gasteiger partial charge is 0.369 e. The van der Waals surface area contributed by atoms with Gasteiger partial charge in [0.2, 0.25) is 5.91 Å². The third-order valence-electron chi connectivity index (χ3n) is 6.28. The molecule has 36 heavy (non-hydrogen) atoms. The Labute approximate surface area is 218 Å². The number of anilines is 2. The molecule has 3 heterocycles. The highest BCUT2D eigenvalue weighted by molar-refractivity contribution is 7.18. The summed E-state index contributed by atoms with van der Waals surface area (Å²) in [7, 11) is 2.13. The molecule has 0 unspecified atom stereocenters. The van der Waals surface area contributed by atoms with Crippen molar-refractivity contribution in [3.8, 4) is 0 Å². The molecule has 0 bridgehead atoms. The maximum Gasteiger partial charge on any atom is 0.256 e. The Hall–Kier alpha value is -3.40. The number of fused-ring (bicyclic) bond motifs is 1. The molecule has 3 N–H and O–H groups in total. The molecule has 0 saturated carbocycles. The summed E-state index contributed by atoms with van der Waals surface area (Å²) in [5.41, 5.74) is 2.68. The van der Waals surface area contributed by atoms with Gasteiger partial charge in [-0.05, 0) is 55.1 Å². The van der Waals surface area contributed by atoms with E-state index in [1.165, 1.54) is 11.3 Å². The van der Waals surface area contributed by atoms with E-state index < -0.39 is 0 Å². The van der Waals surface area contributed by atoms with Gasteiger partial charge >= 0.3 is 0 Å². The quantitative estimate of drug-likeness (QED) is 0.339. The summed E-state index contributed by atoms with van der Waals surface area (Å²) in [6.07, 6.45) is 0.246. The third-order valence-corrected chi connectivity index (χ3v) is 7.56. The molecule has 10 heteroatoms. The van der Waals surface area contributed by atoms with Gasteiger partial charge in [0.05, 0.1) is 11.8 Å². The van der Waals surface area contributed by atoms with E-state index in [9.17, 15) is 9.59 Å². The zero-order valence-corrected chi connectivity index (χ0v) is 21.5. The average molecular weight is 523 g/mol. The van der Waals surface area contributed by atoms with Crippen LogP contribution in [-0.4, -0.2) is 60.1 Å². The Balaban J connectivity index is 1.18. The molecule has 1 fully saturated rings. The number of H-pyrrole nitrogens is 1. The average Bonchev–Trinajstić information content (AvgIpc) is 3.45. The predicted molar refractivity (Wildman–Crippen MR) is 145 cm³/mol. The molecule has 186 valence electrons. The first kappa shape index (κ1) is 24.3. The fourth-order valence-corrected chi connectivity index (χ4v) is 5.26. The second kappa shape index (κ2) is 10.7. The van der Waals surface area contributed by atoms with E-state index in [0.29, 0.717) is 22.9 Å². The molecule has 0 spiro atoms. The number of likely N-dealkylation sites (N-methyl/N-ethyl adjacent to an activating group) is 1. The summed E-state index contributed by atoms with van der Waals surface area (Å²) in [5, 5.41) is 14.5. The van der Waals surface area contributed by atoms with Gasteiger partial charge in [0.25, 0.3) is 5.91 Å². The number of hydrogen-bond donors (Lipinski definition) is 3. The van der Waals surface area contributed by atoms with Gasteiger partial charge in [-0.15, -0.1) is 11.3 Å². The van der Waals surface area contributed by atoms with Crippen molar-refractivity contribution in [3.05, 3.63) is 75.6 Å². The molecule has 1 aliphatic rings. The number of nitrogens with one attached hydrogen (secondary N) is 3. The van der Waals surface area contributed by atoms with Crippen LogP contribution in [0, 0.1) is 0 Å². The molecule has 0 atom stereocenters. The minimum absolute atomic E-state index is 0.0798. The van der Waals surface area contributed by atoms with Crippen LogP contribution in [0.15, 0.2) is 54.6 Å². The Bertz CT molecular complexity index is 1360. The van der Waals surface area contributed by atoms with Crippen LogP contribution >= 0.6 is 22.9 Å². The lowest BCUT2D eigenvalue weighted by Gasteiger charge is -2.34. The van der Waals surface area contributed by atoms with Gasteiger partial charge in [-0.25, -0.2) is 0 Å². The van der Waals surface area contributed by atoms with Crippen LogP contribution in [0.2, 0.25) is 5.02 Å². The lowest BCUT2D eigenvalue weighted by atomic mass is 10.1. The number of aromatic amines is 1. The van der Waals surface area contributed by atoms with Gasteiger partial charge in [0, 0.05) is 53.9 Å². The van der Waals surface area contributed by atoms with Crippen LogP contribution in [0.25, 0.3) is 10.2 Å². The molecule has 2 amide bonds. The molecule has 4 aromatic rings. The topological polar surface area (TPSA) is 93.4 Å². The maximum atomic E-state index is 12.9. The number of piperazine rings is 1. The maximum absolute atomic E-state index is 12.9. The number of aromatic nitrogens is 2. The van der Waals surface area contributed by atoms with Crippen LogP contribution < -0.4 is 15.5 Å². The second-order valence-electron chi connectivity index (χ2n) is 8.90. The van der Waals surface area contributed by atoms with Gasteiger partial charge in [-0.3, -0.25) is 14.7 Å². The fraction of sp³-hybridized carbons (Fsp3) is 0.269. The van der Waals surface area contributed by atoms with Crippen molar-refractivity contribution in [3.63, 3.8) is 0 Å². The SMILES string of the molecule is CN1CCN(c2ccc(C(=O)Nc3[nH]nc4sc(CC(=O)NCc5ccc(Cl)cc5)cc34)cc2)CC1. The number of rotatable bonds is 7. The van der Waals surface area contributed by atoms with Crippen LogP contribution in [-0.2, 0) is 17.8 Å². The van der Waals surface area contributed by atoms with Gasteiger partial charge in [0.1, 0.15) is 10.6 Å². The molecule has 8 nitrogen and oxygen atoms in total. The number of amides is 2. The summed E-state index contributed by atoms with van der Waals surface area (Å²) in [6, 6.07) is 17.0. The number of carbonyl (C=O) groups excluding carboxylic acids is 2. The van der Waals surface area contributed by atoms with Crippen LogP contribution in [0.3, 0.4) is 0 Å². The molecule has 0 aliphatic carbocycles. The number of benzene rings is 2. The van der Waals surface area contributed by atoms with E-state index in [0.717, 1.165) is 52.5 Å². The molecule has 1 aliphatic heterocycles. The highest BCUT2D eigenvalue weighted by Crippen LogP contribution is 2.30. The zero-order chi connectivity index (χ0) is 25.1. The van der Waals surface area contributed by atoms with E-state index in [-0.39, 0.29) is 18.2 Å². The molecule has 1 saturated heterocycles. The van der Waals surface area contributed by atoms with E-state index >= 15 is 0 Å². The fourth-order valence-electron chi connectivity index (χ4n) is 4.14. The van der Waals surface area contributed by atoms with Crippen molar-refractivity contribution in [1.29, 1.82) is 0 Å². The van der Waals surface area contributed by atoms with Crippen molar-refractivity contribution < 1.29 is 9.59 Å². The van der Waals surface area contributed by atoms with Crippen molar-refractivity contribution in [2.75, 3.05) is 43.4 Å². The normalized spacial score (nSPS) is 14.2. The van der Waals surface area contributed by atoms with Crippen LogP contribution in [0.4, 0.5) is 11.5 Å². The number of nitrogens with zero attached hydrogens (tertiary/aromatic N) is 3. The van der Waals surface area contributed by atoms with E-state index in [1.807, 2.05) is 42.5 Å². The molecule has 2 aromatic carbocycles. The third kappa shape index (κ3) is 5.70. The van der Waals surface area contributed by atoms with E-state index in [4.69, 9.17) is 11.6 Å². The molecule has 0 radical (unpaired) electrons. The summed E-state index contributed by atoms with van der Waals surface area (Å²) < 4.78 is 0. The monoisotopic (exact) mass is 522 g/mol. The first-order valence-corrected chi connectivity index (χ1v) is 13.0. The van der Waals surface area contributed by atoms with Gasteiger partial charge in [0.15, 0.2) is 0 Å². The Kier molecular flexibility index (Phi) is 7.22. The van der Waals surface area contributed by atoms with Crippen LogP contribution in [0.1, 0.15) is 20.8 Å². The predicted octanol–water partition coefficient (Wildman–Crippen LogP) is 4.14. The molecular formula is C26H27ClN6O2S. The Morgan fingerprint density at radius 3 is 2.50 bits per heavy atom. The standard InChI is InChI=1S/C26H27ClN6O2S/c1-32-10-12-33(13-11-32)20-8-4-18(5-9-20)25(35)29-24-22-14-21(36-26(22)31-30-24)15-23(34)28-16-17-2-6-19(27)7-3-17/h2-9,14H,10-13,15-16H2,1H3,(H,28,34)(H2,29,30,31,35). The number of halogens is 1. The van der Waals surface area contributed by atoms with Crippen molar-refractivity contribution in [2.24, 2.45) is 0 Å². The van der Waals surface area contributed by atoms with Crippen LogP contribution in [0.5, 0.6) is 0 Å². The minimum atomic E-state index is -0.209. The number of hydrogen-bond acceptors (Lipinski definition) is 6. The highest BCUT2D eigenvalue weighted by atomic mass is 35.5. The van der Waals surface area contributed by atoms with E-state index in [2.05, 4.69) is 37.7 Å². The van der Waals surface area contributed by atoms with Gasteiger partial charge in [-0.1, -0.05) is 23.7 Å². The summed E-state index contributed by atoms with van der Waals surface area (Å²) in [6.45, 7) is 4.46. The van der Waals surface area contributed by atoms with Crippen molar-refractivity contribution in [1.82, 2.24) is 20.4 Å². The first-order chi connectivity index (χ1) is 17.4. The second-order valence-corrected chi connectivity index (χ2v) is 10.5. The number of thiophene rings is 1. The number of carbonyl (C=O) groups is 2. The summed E-state index contributed by atoms with van der Waals surface area (Å²) in [4.78, 5) is 31.6. The minimum Gasteiger partial charge on any atom is -0.369 e. The summed E-state index contributed by atoms with van der Waals surface area (Å²) >= 11 is 7.33. The molecular weight excluding hydrogens is 496 g/mol. The smallest absolute Gasteiger partial charge is 0.256 e.